The van der Waals surface area contributed by atoms with Crippen molar-refractivity contribution in [1.29, 1.82) is 0 Å². The Morgan fingerprint density at radius 2 is 2.00 bits per heavy atom. The molecule has 2 rings (SSSR count). The number of piperazine rings is 1. The van der Waals surface area contributed by atoms with Crippen LogP contribution in [-0.2, 0) is 9.53 Å². The average Bonchev–Trinajstić information content (AvgIpc) is 2.48. The molecular formula is C15H20FN3O3. The molecule has 0 atom stereocenters. The quantitative estimate of drug-likeness (QED) is 0.916. The normalized spacial score (nSPS) is 15.5. The summed E-state index contributed by atoms with van der Waals surface area (Å²) in [5.41, 5.74) is 0.440. The predicted octanol–water partition coefficient (Wildman–Crippen LogP) is 1.54. The van der Waals surface area contributed by atoms with Gasteiger partial charge in [0.15, 0.2) is 0 Å². The van der Waals surface area contributed by atoms with Crippen LogP contribution >= 0.6 is 0 Å². The van der Waals surface area contributed by atoms with Crippen molar-refractivity contribution in [2.45, 2.75) is 6.92 Å². The first kappa shape index (κ1) is 16.2. The predicted molar refractivity (Wildman–Crippen MR) is 80.1 cm³/mol. The molecule has 0 unspecified atom stereocenters. The highest BCUT2D eigenvalue weighted by Crippen LogP contribution is 2.09. The standard InChI is InChI=1S/C15H20FN3O3/c1-2-22-15(21)19-8-6-18(7-9-19)11-14(20)17-13-5-3-4-12(16)10-13/h3-5,10H,2,6-9,11H2,1H3,(H,17,20). The topological polar surface area (TPSA) is 61.9 Å². The molecule has 0 aromatic heterocycles. The van der Waals surface area contributed by atoms with Gasteiger partial charge in [-0.1, -0.05) is 6.07 Å². The summed E-state index contributed by atoms with van der Waals surface area (Å²) in [6.07, 6.45) is -0.314. The molecule has 0 aliphatic carbocycles. The van der Waals surface area contributed by atoms with E-state index in [1.807, 2.05) is 4.90 Å². The van der Waals surface area contributed by atoms with Gasteiger partial charge in [0, 0.05) is 31.9 Å². The first-order valence-corrected chi connectivity index (χ1v) is 7.28. The zero-order chi connectivity index (χ0) is 15.9. The van der Waals surface area contributed by atoms with E-state index in [4.69, 9.17) is 4.74 Å². The van der Waals surface area contributed by atoms with E-state index in [2.05, 4.69) is 5.32 Å². The first-order chi connectivity index (χ1) is 10.6. The van der Waals surface area contributed by atoms with Crippen LogP contribution in [0, 0.1) is 5.82 Å². The van der Waals surface area contributed by atoms with Crippen LogP contribution in [0.2, 0.25) is 0 Å². The number of carbonyl (C=O) groups excluding carboxylic acids is 2. The highest BCUT2D eigenvalue weighted by molar-refractivity contribution is 5.92. The lowest BCUT2D eigenvalue weighted by Crippen LogP contribution is -2.50. The fourth-order valence-electron chi connectivity index (χ4n) is 2.27. The molecule has 1 saturated heterocycles. The Morgan fingerprint density at radius 3 is 2.64 bits per heavy atom. The van der Waals surface area contributed by atoms with E-state index < -0.39 is 0 Å². The molecule has 22 heavy (non-hydrogen) atoms. The number of ether oxygens (including phenoxy) is 1. The van der Waals surface area contributed by atoms with Crippen molar-refractivity contribution in [2.24, 2.45) is 0 Å². The van der Waals surface area contributed by atoms with Gasteiger partial charge >= 0.3 is 6.09 Å². The summed E-state index contributed by atoms with van der Waals surface area (Å²) < 4.78 is 18.0. The monoisotopic (exact) mass is 309 g/mol. The van der Waals surface area contributed by atoms with Crippen molar-refractivity contribution in [3.8, 4) is 0 Å². The number of halogens is 1. The highest BCUT2D eigenvalue weighted by atomic mass is 19.1. The lowest BCUT2D eigenvalue weighted by Gasteiger charge is -2.33. The fraction of sp³-hybridized carbons (Fsp3) is 0.467. The summed E-state index contributed by atoms with van der Waals surface area (Å²) in [6.45, 7) is 4.62. The first-order valence-electron chi connectivity index (χ1n) is 7.28. The van der Waals surface area contributed by atoms with Gasteiger partial charge in [0.25, 0.3) is 0 Å². The third-order valence-electron chi connectivity index (χ3n) is 3.37. The van der Waals surface area contributed by atoms with E-state index >= 15 is 0 Å². The Hall–Kier alpha value is -2.15. The van der Waals surface area contributed by atoms with E-state index in [9.17, 15) is 14.0 Å². The van der Waals surface area contributed by atoms with E-state index in [0.717, 1.165) is 0 Å². The van der Waals surface area contributed by atoms with Crippen LogP contribution < -0.4 is 5.32 Å². The molecule has 0 bridgehead atoms. The number of rotatable bonds is 4. The summed E-state index contributed by atoms with van der Waals surface area (Å²) in [4.78, 5) is 27.1. The molecule has 0 radical (unpaired) electrons. The van der Waals surface area contributed by atoms with Crippen molar-refractivity contribution < 1.29 is 18.7 Å². The Bertz CT molecular complexity index is 531. The Morgan fingerprint density at radius 1 is 1.27 bits per heavy atom. The van der Waals surface area contributed by atoms with Crippen LogP contribution in [0.1, 0.15) is 6.92 Å². The number of hydrogen-bond donors (Lipinski definition) is 1. The van der Waals surface area contributed by atoms with Crippen molar-refractivity contribution in [3.63, 3.8) is 0 Å². The summed E-state index contributed by atoms with van der Waals surface area (Å²) in [5.74, 6) is -0.587. The van der Waals surface area contributed by atoms with Crippen molar-refractivity contribution in [1.82, 2.24) is 9.80 Å². The maximum Gasteiger partial charge on any atom is 0.409 e. The molecule has 1 aliphatic heterocycles. The van der Waals surface area contributed by atoms with Gasteiger partial charge in [0.2, 0.25) is 5.91 Å². The third-order valence-corrected chi connectivity index (χ3v) is 3.37. The van der Waals surface area contributed by atoms with E-state index in [1.165, 1.54) is 12.1 Å². The van der Waals surface area contributed by atoms with Gasteiger partial charge in [-0.05, 0) is 25.1 Å². The second kappa shape index (κ2) is 7.74. The third kappa shape index (κ3) is 4.70. The van der Waals surface area contributed by atoms with E-state index in [0.29, 0.717) is 38.5 Å². The number of nitrogens with one attached hydrogen (secondary N) is 1. The molecule has 1 aliphatic rings. The lowest BCUT2D eigenvalue weighted by atomic mass is 10.3. The molecule has 0 spiro atoms. The molecule has 1 fully saturated rings. The van der Waals surface area contributed by atoms with Gasteiger partial charge < -0.3 is 15.0 Å². The van der Waals surface area contributed by atoms with Crippen LogP contribution in [-0.4, -0.2) is 61.1 Å². The maximum atomic E-state index is 13.0. The second-order valence-corrected chi connectivity index (χ2v) is 5.02. The summed E-state index contributed by atoms with van der Waals surface area (Å²) >= 11 is 0. The van der Waals surface area contributed by atoms with Crippen LogP contribution in [0.15, 0.2) is 24.3 Å². The smallest absolute Gasteiger partial charge is 0.409 e. The van der Waals surface area contributed by atoms with Gasteiger partial charge in [-0.25, -0.2) is 9.18 Å². The van der Waals surface area contributed by atoms with E-state index in [-0.39, 0.29) is 24.4 Å². The molecule has 120 valence electrons. The summed E-state index contributed by atoms with van der Waals surface area (Å²) in [7, 11) is 0. The number of amides is 2. The van der Waals surface area contributed by atoms with Gasteiger partial charge in [0.1, 0.15) is 5.82 Å². The number of hydrogen-bond acceptors (Lipinski definition) is 4. The van der Waals surface area contributed by atoms with Crippen molar-refractivity contribution in [3.05, 3.63) is 30.1 Å². The molecule has 1 aromatic rings. The van der Waals surface area contributed by atoms with Gasteiger partial charge in [-0.15, -0.1) is 0 Å². The zero-order valence-electron chi connectivity index (χ0n) is 12.5. The largest absolute Gasteiger partial charge is 0.450 e. The number of anilines is 1. The molecular weight excluding hydrogens is 289 g/mol. The number of nitrogens with zero attached hydrogens (tertiary/aromatic N) is 2. The van der Waals surface area contributed by atoms with Crippen LogP contribution in [0.5, 0.6) is 0 Å². The van der Waals surface area contributed by atoms with Crippen LogP contribution in [0.3, 0.4) is 0 Å². The molecule has 6 nitrogen and oxygen atoms in total. The van der Waals surface area contributed by atoms with Crippen molar-refractivity contribution in [2.75, 3.05) is 44.6 Å². The SMILES string of the molecule is CCOC(=O)N1CCN(CC(=O)Nc2cccc(F)c2)CC1. The van der Waals surface area contributed by atoms with Crippen LogP contribution in [0.25, 0.3) is 0 Å². The summed E-state index contributed by atoms with van der Waals surface area (Å²) in [5, 5.41) is 2.66. The molecule has 1 heterocycles. The Kier molecular flexibility index (Phi) is 5.71. The number of carbonyl (C=O) groups is 2. The minimum atomic E-state index is -0.388. The van der Waals surface area contributed by atoms with Gasteiger partial charge in [0.05, 0.1) is 13.2 Å². The van der Waals surface area contributed by atoms with Gasteiger partial charge in [-0.3, -0.25) is 9.69 Å². The zero-order valence-corrected chi connectivity index (χ0v) is 12.5. The average molecular weight is 309 g/mol. The lowest BCUT2D eigenvalue weighted by molar-refractivity contribution is -0.117. The van der Waals surface area contributed by atoms with Crippen LogP contribution in [0.4, 0.5) is 14.9 Å². The molecule has 1 aromatic carbocycles. The Balaban J connectivity index is 1.76. The minimum Gasteiger partial charge on any atom is -0.450 e. The van der Waals surface area contributed by atoms with Crippen molar-refractivity contribution >= 4 is 17.7 Å². The Labute approximate surface area is 128 Å². The molecule has 1 N–H and O–H groups in total. The number of benzene rings is 1. The van der Waals surface area contributed by atoms with E-state index in [1.54, 1.807) is 24.0 Å². The fourth-order valence-corrected chi connectivity index (χ4v) is 2.27. The molecule has 2 amide bonds. The molecule has 0 saturated carbocycles. The molecule has 7 heteroatoms. The maximum absolute atomic E-state index is 13.0. The van der Waals surface area contributed by atoms with Gasteiger partial charge in [-0.2, -0.15) is 0 Å². The minimum absolute atomic E-state index is 0.199. The highest BCUT2D eigenvalue weighted by Gasteiger charge is 2.23. The summed E-state index contributed by atoms with van der Waals surface area (Å²) in [6, 6.07) is 5.78. The second-order valence-electron chi connectivity index (χ2n) is 5.02.